The van der Waals surface area contributed by atoms with E-state index in [1.807, 2.05) is 48.5 Å². The molecule has 1 heterocycles. The normalized spacial score (nSPS) is 10.5. The molecule has 1 N–H and O–H groups in total. The molecule has 5 nitrogen and oxygen atoms in total. The van der Waals surface area contributed by atoms with Crippen LogP contribution >= 0.6 is 11.6 Å². The van der Waals surface area contributed by atoms with Crippen molar-refractivity contribution in [3.8, 4) is 11.4 Å². The predicted molar refractivity (Wildman–Crippen MR) is 102 cm³/mol. The van der Waals surface area contributed by atoms with Crippen molar-refractivity contribution in [2.75, 3.05) is 0 Å². The molecule has 3 aromatic rings. The van der Waals surface area contributed by atoms with Gasteiger partial charge in [-0.15, -0.1) is 0 Å². The molecular weight excluding hydrogens is 350 g/mol. The largest absolute Gasteiger partial charge is 0.350 e. The van der Waals surface area contributed by atoms with Gasteiger partial charge in [0.15, 0.2) is 0 Å². The van der Waals surface area contributed by atoms with E-state index in [9.17, 15) is 9.59 Å². The third-order valence-corrected chi connectivity index (χ3v) is 4.27. The Morgan fingerprint density at radius 2 is 1.81 bits per heavy atom. The number of aryl methyl sites for hydroxylation is 1. The molecule has 26 heavy (non-hydrogen) atoms. The number of rotatable bonds is 5. The number of carbonyl (C=O) groups is 1. The second-order valence-electron chi connectivity index (χ2n) is 5.88. The third-order valence-electron chi connectivity index (χ3n) is 3.90. The summed E-state index contributed by atoms with van der Waals surface area (Å²) < 4.78 is 1.38. The van der Waals surface area contributed by atoms with Gasteiger partial charge in [-0.1, -0.05) is 60.1 Å². The summed E-state index contributed by atoms with van der Waals surface area (Å²) in [6.07, 6.45) is 0. The van der Waals surface area contributed by atoms with Crippen molar-refractivity contribution in [3.63, 3.8) is 0 Å². The Labute approximate surface area is 156 Å². The molecule has 0 unspecified atom stereocenters. The van der Waals surface area contributed by atoms with E-state index >= 15 is 0 Å². The Bertz CT molecular complexity index is 984. The molecule has 0 atom stereocenters. The molecule has 0 aliphatic heterocycles. The quantitative estimate of drug-likeness (QED) is 0.753. The summed E-state index contributed by atoms with van der Waals surface area (Å²) in [5.74, 6) is 0.193. The number of hydrogen-bond acceptors (Lipinski definition) is 3. The summed E-state index contributed by atoms with van der Waals surface area (Å²) in [7, 11) is 0. The highest BCUT2D eigenvalue weighted by Crippen LogP contribution is 2.16. The average Bonchev–Trinajstić information content (AvgIpc) is 2.64. The van der Waals surface area contributed by atoms with Crippen molar-refractivity contribution in [2.24, 2.45) is 0 Å². The van der Waals surface area contributed by atoms with E-state index in [0.29, 0.717) is 23.1 Å². The maximum absolute atomic E-state index is 12.4. The van der Waals surface area contributed by atoms with Gasteiger partial charge in [0, 0.05) is 28.9 Å². The van der Waals surface area contributed by atoms with Crippen LogP contribution in [0.25, 0.3) is 11.4 Å². The van der Waals surface area contributed by atoms with E-state index in [1.54, 1.807) is 13.0 Å². The number of nitrogens with zero attached hydrogens (tertiary/aromatic N) is 2. The highest BCUT2D eigenvalue weighted by molar-refractivity contribution is 6.31. The first-order valence-electron chi connectivity index (χ1n) is 8.18. The van der Waals surface area contributed by atoms with Crippen LogP contribution in [0.1, 0.15) is 11.3 Å². The molecule has 2 aromatic carbocycles. The zero-order chi connectivity index (χ0) is 18.5. The van der Waals surface area contributed by atoms with E-state index in [-0.39, 0.29) is 18.0 Å². The average molecular weight is 368 g/mol. The summed E-state index contributed by atoms with van der Waals surface area (Å²) in [6.45, 7) is 1.95. The number of nitrogens with one attached hydrogen (secondary N) is 1. The summed E-state index contributed by atoms with van der Waals surface area (Å²) in [4.78, 5) is 29.2. The lowest BCUT2D eigenvalue weighted by atomic mass is 10.2. The first-order chi connectivity index (χ1) is 12.5. The van der Waals surface area contributed by atoms with Crippen molar-refractivity contribution in [1.29, 1.82) is 0 Å². The fourth-order valence-electron chi connectivity index (χ4n) is 2.62. The highest BCUT2D eigenvalue weighted by atomic mass is 35.5. The maximum atomic E-state index is 12.4. The van der Waals surface area contributed by atoms with Crippen LogP contribution in [0.4, 0.5) is 0 Å². The van der Waals surface area contributed by atoms with E-state index < -0.39 is 0 Å². The minimum Gasteiger partial charge on any atom is -0.350 e. The Morgan fingerprint density at radius 1 is 1.12 bits per heavy atom. The minimum absolute atomic E-state index is 0.110. The van der Waals surface area contributed by atoms with Gasteiger partial charge < -0.3 is 5.32 Å². The summed E-state index contributed by atoms with van der Waals surface area (Å²) in [6, 6.07) is 18.1. The van der Waals surface area contributed by atoms with E-state index in [2.05, 4.69) is 10.3 Å². The zero-order valence-corrected chi connectivity index (χ0v) is 15.0. The fourth-order valence-corrected chi connectivity index (χ4v) is 2.82. The molecule has 132 valence electrons. The topological polar surface area (TPSA) is 64.0 Å². The van der Waals surface area contributed by atoms with Gasteiger partial charge in [0.25, 0.3) is 5.56 Å². The van der Waals surface area contributed by atoms with Crippen molar-refractivity contribution in [2.45, 2.75) is 20.0 Å². The monoisotopic (exact) mass is 367 g/mol. The lowest BCUT2D eigenvalue weighted by molar-refractivity contribution is -0.121. The molecule has 0 spiro atoms. The van der Waals surface area contributed by atoms with Crippen molar-refractivity contribution < 1.29 is 4.79 Å². The Balaban J connectivity index is 1.82. The number of hydrogen-bond donors (Lipinski definition) is 1. The number of amides is 1. The van der Waals surface area contributed by atoms with Crippen LogP contribution in [-0.2, 0) is 17.9 Å². The fraction of sp³-hybridized carbons (Fsp3) is 0.150. The Morgan fingerprint density at radius 3 is 2.54 bits per heavy atom. The summed E-state index contributed by atoms with van der Waals surface area (Å²) in [5.41, 5.74) is 1.96. The highest BCUT2D eigenvalue weighted by Gasteiger charge is 2.13. The van der Waals surface area contributed by atoms with Crippen LogP contribution in [0.15, 0.2) is 65.5 Å². The molecule has 0 aliphatic rings. The van der Waals surface area contributed by atoms with Crippen LogP contribution < -0.4 is 10.9 Å². The standard InChI is InChI=1S/C20H18ClN3O2/c1-14-11-19(26)24(20(23-14)15-7-3-2-4-8-15)13-18(25)22-12-16-9-5-6-10-17(16)21/h2-11H,12-13H2,1H3,(H,22,25). The van der Waals surface area contributed by atoms with E-state index in [4.69, 9.17) is 11.6 Å². The molecule has 1 amide bonds. The van der Waals surface area contributed by atoms with Crippen LogP contribution in [0, 0.1) is 6.92 Å². The Kier molecular flexibility index (Phi) is 5.49. The van der Waals surface area contributed by atoms with Gasteiger partial charge in [-0.05, 0) is 18.6 Å². The predicted octanol–water partition coefficient (Wildman–Crippen LogP) is 3.19. The molecular formula is C20H18ClN3O2. The SMILES string of the molecule is Cc1cc(=O)n(CC(=O)NCc2ccccc2Cl)c(-c2ccccc2)n1. The Hall–Kier alpha value is -2.92. The van der Waals surface area contributed by atoms with Crippen LogP contribution in [0.2, 0.25) is 5.02 Å². The van der Waals surface area contributed by atoms with Crippen LogP contribution in [-0.4, -0.2) is 15.5 Å². The first-order valence-corrected chi connectivity index (χ1v) is 8.56. The number of aromatic nitrogens is 2. The molecule has 0 saturated carbocycles. The number of halogens is 1. The van der Waals surface area contributed by atoms with Crippen LogP contribution in [0.5, 0.6) is 0 Å². The van der Waals surface area contributed by atoms with Gasteiger partial charge >= 0.3 is 0 Å². The molecule has 3 rings (SSSR count). The van der Waals surface area contributed by atoms with Gasteiger partial charge in [0.1, 0.15) is 12.4 Å². The zero-order valence-electron chi connectivity index (χ0n) is 14.3. The second kappa shape index (κ2) is 7.97. The van der Waals surface area contributed by atoms with Gasteiger partial charge in [-0.2, -0.15) is 0 Å². The lowest BCUT2D eigenvalue weighted by Gasteiger charge is -2.13. The second-order valence-corrected chi connectivity index (χ2v) is 6.29. The van der Waals surface area contributed by atoms with E-state index in [1.165, 1.54) is 10.6 Å². The molecule has 0 fully saturated rings. The van der Waals surface area contributed by atoms with Gasteiger partial charge in [0.2, 0.25) is 5.91 Å². The summed E-state index contributed by atoms with van der Waals surface area (Å²) in [5, 5.41) is 3.39. The smallest absolute Gasteiger partial charge is 0.254 e. The molecule has 0 radical (unpaired) electrons. The van der Waals surface area contributed by atoms with Crippen molar-refractivity contribution >= 4 is 17.5 Å². The van der Waals surface area contributed by atoms with Gasteiger partial charge in [-0.3, -0.25) is 14.2 Å². The number of benzene rings is 2. The molecule has 0 saturated heterocycles. The molecule has 6 heteroatoms. The minimum atomic E-state index is -0.283. The van der Waals surface area contributed by atoms with Gasteiger partial charge in [-0.25, -0.2) is 4.98 Å². The third kappa shape index (κ3) is 4.18. The summed E-state index contributed by atoms with van der Waals surface area (Å²) >= 11 is 6.10. The number of carbonyl (C=O) groups excluding carboxylic acids is 1. The first kappa shape index (κ1) is 17.9. The molecule has 0 bridgehead atoms. The van der Waals surface area contributed by atoms with Crippen molar-refractivity contribution in [3.05, 3.63) is 87.3 Å². The van der Waals surface area contributed by atoms with Gasteiger partial charge in [0.05, 0.1) is 0 Å². The molecule has 1 aromatic heterocycles. The van der Waals surface area contributed by atoms with Crippen molar-refractivity contribution in [1.82, 2.24) is 14.9 Å². The maximum Gasteiger partial charge on any atom is 0.254 e. The lowest BCUT2D eigenvalue weighted by Crippen LogP contribution is -2.33. The molecule has 0 aliphatic carbocycles. The van der Waals surface area contributed by atoms with Crippen LogP contribution in [0.3, 0.4) is 0 Å². The van der Waals surface area contributed by atoms with E-state index in [0.717, 1.165) is 11.1 Å².